The fourth-order valence-corrected chi connectivity index (χ4v) is 4.13. The van der Waals surface area contributed by atoms with Crippen LogP contribution >= 0.6 is 0 Å². The monoisotopic (exact) mass is 586 g/mol. The van der Waals surface area contributed by atoms with E-state index in [4.69, 9.17) is 22.9 Å². The van der Waals surface area contributed by atoms with Crippen molar-refractivity contribution in [1.29, 1.82) is 0 Å². The van der Waals surface area contributed by atoms with Gasteiger partial charge >= 0.3 is 5.97 Å². The van der Waals surface area contributed by atoms with Gasteiger partial charge in [-0.15, -0.1) is 0 Å². The predicted molar refractivity (Wildman–Crippen MR) is 157 cm³/mol. The van der Waals surface area contributed by atoms with Crippen molar-refractivity contribution in [1.82, 2.24) is 25.9 Å². The van der Waals surface area contributed by atoms with Crippen LogP contribution in [0.25, 0.3) is 0 Å². The molecule has 2 rings (SSSR count). The van der Waals surface area contributed by atoms with Crippen molar-refractivity contribution in [3.63, 3.8) is 0 Å². The molecule has 1 heterocycles. The van der Waals surface area contributed by atoms with Crippen molar-refractivity contribution in [2.24, 2.45) is 27.9 Å². The second-order valence-electron chi connectivity index (χ2n) is 9.83. The number of carboxylic acid groups (broad SMARTS) is 1. The Kier molecular flexibility index (Phi) is 14.5. The molecule has 0 fully saturated rings. The average Bonchev–Trinajstić information content (AvgIpc) is 3.47. The molecule has 1 aromatic heterocycles. The number of guanidine groups is 1. The highest BCUT2D eigenvalue weighted by molar-refractivity contribution is 5.94. The van der Waals surface area contributed by atoms with Gasteiger partial charge in [-0.3, -0.25) is 19.4 Å². The number of hydrogen-bond donors (Lipinski definition) is 9. The minimum absolute atomic E-state index is 0.0488. The molecular formula is C27H42N10O5. The van der Waals surface area contributed by atoms with Crippen LogP contribution in [0.2, 0.25) is 0 Å². The molecule has 0 radical (unpaired) electrons. The maximum absolute atomic E-state index is 13.4. The van der Waals surface area contributed by atoms with E-state index in [1.54, 1.807) is 0 Å². The van der Waals surface area contributed by atoms with E-state index in [2.05, 4.69) is 30.9 Å². The smallest absolute Gasteiger partial charge is 0.326 e. The lowest BCUT2D eigenvalue weighted by molar-refractivity contribution is -0.142. The van der Waals surface area contributed by atoms with Crippen LogP contribution in [0, 0.1) is 0 Å². The number of benzene rings is 1. The summed E-state index contributed by atoms with van der Waals surface area (Å²) in [4.78, 5) is 62.0. The molecule has 2 aromatic rings. The summed E-state index contributed by atoms with van der Waals surface area (Å²) in [6, 6.07) is 4.90. The zero-order valence-electron chi connectivity index (χ0n) is 23.5. The van der Waals surface area contributed by atoms with E-state index in [0.29, 0.717) is 31.5 Å². The van der Waals surface area contributed by atoms with Crippen LogP contribution in [0.4, 0.5) is 0 Å². The second kappa shape index (κ2) is 18.0. The topological polar surface area (TPSA) is 270 Å². The number of carbonyl (C=O) groups excluding carboxylic acids is 3. The number of nitrogens with one attached hydrogen (secondary N) is 4. The van der Waals surface area contributed by atoms with Crippen molar-refractivity contribution in [3.8, 4) is 0 Å². The first-order valence-corrected chi connectivity index (χ1v) is 13.8. The number of aliphatic imine (C=N–C) groups is 1. The van der Waals surface area contributed by atoms with E-state index >= 15 is 0 Å². The van der Waals surface area contributed by atoms with Crippen molar-refractivity contribution in [2.75, 3.05) is 13.1 Å². The van der Waals surface area contributed by atoms with Gasteiger partial charge in [0.1, 0.15) is 18.1 Å². The van der Waals surface area contributed by atoms with Gasteiger partial charge in [-0.05, 0) is 50.6 Å². The van der Waals surface area contributed by atoms with E-state index in [9.17, 15) is 24.3 Å². The fourth-order valence-electron chi connectivity index (χ4n) is 4.13. The number of carbonyl (C=O) groups is 4. The minimum atomic E-state index is -1.29. The Hall–Kier alpha value is -4.50. The molecule has 1 aromatic carbocycles. The lowest BCUT2D eigenvalue weighted by Crippen LogP contribution is -2.57. The van der Waals surface area contributed by atoms with Gasteiger partial charge in [-0.2, -0.15) is 0 Å². The molecule has 0 aliphatic heterocycles. The fraction of sp³-hybridized carbons (Fsp3) is 0.481. The van der Waals surface area contributed by atoms with Crippen LogP contribution in [0.3, 0.4) is 0 Å². The standard InChI is InChI=1S/C27H42N10O5/c28-11-5-4-9-20(35-23(38)19(29)13-17-7-2-1-3-8-17)24(39)36-21(10-6-12-33-27(30)31)25(40)37-22(26(41)42)14-18-15-32-16-34-18/h1-3,7-8,15-16,19-22H,4-6,9-14,28-29H2,(H,32,34)(H,35,38)(H,36,39)(H,37,40)(H,41,42)(H4,30,31,33). The summed E-state index contributed by atoms with van der Waals surface area (Å²) in [6.07, 6.45) is 4.89. The normalized spacial score (nSPS) is 13.7. The number of rotatable bonds is 19. The first-order chi connectivity index (χ1) is 20.1. The van der Waals surface area contributed by atoms with Crippen molar-refractivity contribution >= 4 is 29.7 Å². The Bertz CT molecular complexity index is 1160. The van der Waals surface area contributed by atoms with Gasteiger partial charge in [-0.1, -0.05) is 30.3 Å². The SMILES string of the molecule is NCCCCC(NC(=O)C(N)Cc1ccccc1)C(=O)NC(CCCN=C(N)N)C(=O)NC(Cc1cnc[nH]1)C(=O)O. The molecule has 0 saturated carbocycles. The number of aromatic amines is 1. The molecule has 15 nitrogen and oxygen atoms in total. The van der Waals surface area contributed by atoms with Crippen molar-refractivity contribution in [3.05, 3.63) is 54.1 Å². The molecule has 0 aliphatic rings. The summed E-state index contributed by atoms with van der Waals surface area (Å²) in [5.74, 6) is -3.24. The average molecular weight is 587 g/mol. The van der Waals surface area contributed by atoms with E-state index in [-0.39, 0.29) is 38.2 Å². The number of imidazole rings is 1. The van der Waals surface area contributed by atoms with Crippen LogP contribution in [-0.2, 0) is 32.0 Å². The second-order valence-corrected chi connectivity index (χ2v) is 9.83. The molecule has 4 atom stereocenters. The molecule has 3 amide bonds. The largest absolute Gasteiger partial charge is 0.480 e. The van der Waals surface area contributed by atoms with Crippen LogP contribution in [0.5, 0.6) is 0 Å². The van der Waals surface area contributed by atoms with Gasteiger partial charge in [0, 0.05) is 24.9 Å². The van der Waals surface area contributed by atoms with Crippen LogP contribution in [-0.4, -0.2) is 82.0 Å². The zero-order chi connectivity index (χ0) is 30.9. The summed E-state index contributed by atoms with van der Waals surface area (Å²) in [5, 5.41) is 17.5. The molecule has 4 unspecified atom stereocenters. The lowest BCUT2D eigenvalue weighted by Gasteiger charge is -2.25. The maximum Gasteiger partial charge on any atom is 0.326 e. The molecule has 0 spiro atoms. The Morgan fingerprint density at radius 1 is 0.881 bits per heavy atom. The number of nitrogens with zero attached hydrogens (tertiary/aromatic N) is 2. The predicted octanol–water partition coefficient (Wildman–Crippen LogP) is -1.76. The zero-order valence-corrected chi connectivity index (χ0v) is 23.5. The highest BCUT2D eigenvalue weighted by Crippen LogP contribution is 2.08. The minimum Gasteiger partial charge on any atom is -0.480 e. The van der Waals surface area contributed by atoms with Crippen LogP contribution in [0.1, 0.15) is 43.4 Å². The molecule has 0 bridgehead atoms. The molecule has 13 N–H and O–H groups in total. The Morgan fingerprint density at radius 3 is 2.07 bits per heavy atom. The van der Waals surface area contributed by atoms with Gasteiger partial charge in [-0.25, -0.2) is 9.78 Å². The van der Waals surface area contributed by atoms with Gasteiger partial charge in [0.15, 0.2) is 5.96 Å². The number of nitrogens with two attached hydrogens (primary N) is 4. The van der Waals surface area contributed by atoms with E-state index in [1.807, 2.05) is 30.3 Å². The maximum atomic E-state index is 13.4. The third-order valence-electron chi connectivity index (χ3n) is 6.39. The molecular weight excluding hydrogens is 544 g/mol. The molecule has 15 heteroatoms. The van der Waals surface area contributed by atoms with E-state index in [1.165, 1.54) is 12.5 Å². The Morgan fingerprint density at radius 2 is 1.50 bits per heavy atom. The van der Waals surface area contributed by atoms with Gasteiger partial charge in [0.2, 0.25) is 17.7 Å². The van der Waals surface area contributed by atoms with Crippen molar-refractivity contribution < 1.29 is 24.3 Å². The first kappa shape index (κ1) is 33.7. The Labute approximate surface area is 244 Å². The number of unbranched alkanes of at least 4 members (excludes halogenated alkanes) is 1. The van der Waals surface area contributed by atoms with E-state index < -0.39 is 47.9 Å². The molecule has 0 aliphatic carbocycles. The molecule has 42 heavy (non-hydrogen) atoms. The summed E-state index contributed by atoms with van der Waals surface area (Å²) < 4.78 is 0. The van der Waals surface area contributed by atoms with Gasteiger partial charge in [0.25, 0.3) is 0 Å². The first-order valence-electron chi connectivity index (χ1n) is 13.8. The third kappa shape index (κ3) is 12.3. The van der Waals surface area contributed by atoms with Gasteiger partial charge in [0.05, 0.1) is 12.4 Å². The number of aliphatic carboxylic acids is 1. The number of amides is 3. The van der Waals surface area contributed by atoms with Gasteiger partial charge < -0.3 is 49.0 Å². The van der Waals surface area contributed by atoms with Crippen molar-refractivity contribution in [2.45, 2.75) is 69.1 Å². The third-order valence-corrected chi connectivity index (χ3v) is 6.39. The summed E-state index contributed by atoms with van der Waals surface area (Å²) in [6.45, 7) is 0.585. The summed E-state index contributed by atoms with van der Waals surface area (Å²) in [7, 11) is 0. The molecule has 230 valence electrons. The summed E-state index contributed by atoms with van der Waals surface area (Å²) >= 11 is 0. The number of aromatic nitrogens is 2. The number of H-pyrrole nitrogens is 1. The molecule has 0 saturated heterocycles. The van der Waals surface area contributed by atoms with Crippen LogP contribution < -0.4 is 38.9 Å². The van der Waals surface area contributed by atoms with E-state index in [0.717, 1.165) is 5.56 Å². The lowest BCUT2D eigenvalue weighted by atomic mass is 10.0. The highest BCUT2D eigenvalue weighted by Gasteiger charge is 2.30. The number of hydrogen-bond acceptors (Lipinski definition) is 8. The Balaban J connectivity index is 2.15. The van der Waals surface area contributed by atoms with Crippen LogP contribution in [0.15, 0.2) is 47.8 Å². The number of carboxylic acids is 1. The highest BCUT2D eigenvalue weighted by atomic mass is 16.4. The summed E-state index contributed by atoms with van der Waals surface area (Å²) in [5.41, 5.74) is 23.9. The quantitative estimate of drug-likeness (QED) is 0.0508.